The first kappa shape index (κ1) is 11.7. The Hall–Kier alpha value is -1.35. The summed E-state index contributed by atoms with van der Waals surface area (Å²) in [6.45, 7) is 5.48. The largest absolute Gasteiger partial charge is 0.341 e. The summed E-state index contributed by atoms with van der Waals surface area (Å²) in [5, 5.41) is 0. The summed E-state index contributed by atoms with van der Waals surface area (Å²) in [7, 11) is 2.20. The molecule has 3 rings (SSSR count). The minimum Gasteiger partial charge on any atom is -0.341 e. The molecule has 1 aliphatic rings. The summed E-state index contributed by atoms with van der Waals surface area (Å²) >= 11 is 0. The standard InChI is InChI=1S/C15H21N3/c1-10-8-12-13(9-11(10)2)17-15(16-12)14-6-4-5-7-18(14)3/h8-9,14H,4-7H2,1-3H3,(H,16,17). The molecule has 0 bridgehead atoms. The third kappa shape index (κ3) is 1.93. The highest BCUT2D eigenvalue weighted by atomic mass is 15.2. The maximum atomic E-state index is 4.79. The number of likely N-dealkylation sites (tertiary alicyclic amines) is 1. The van der Waals surface area contributed by atoms with E-state index in [1.54, 1.807) is 0 Å². The van der Waals surface area contributed by atoms with Gasteiger partial charge in [0.15, 0.2) is 0 Å². The number of aromatic amines is 1. The predicted octanol–water partition coefficient (Wildman–Crippen LogP) is 3.34. The van der Waals surface area contributed by atoms with Crippen LogP contribution in [0.25, 0.3) is 11.0 Å². The molecule has 1 fully saturated rings. The Labute approximate surface area is 108 Å². The molecule has 2 aromatic rings. The van der Waals surface area contributed by atoms with Crippen LogP contribution in [0, 0.1) is 13.8 Å². The maximum absolute atomic E-state index is 4.79. The number of rotatable bonds is 1. The Bertz CT molecular complexity index is 531. The van der Waals surface area contributed by atoms with Gasteiger partial charge < -0.3 is 4.98 Å². The number of nitrogens with one attached hydrogen (secondary N) is 1. The normalized spacial score (nSPS) is 21.6. The van der Waals surface area contributed by atoms with Crippen molar-refractivity contribution < 1.29 is 0 Å². The Morgan fingerprint density at radius 3 is 2.78 bits per heavy atom. The zero-order valence-corrected chi connectivity index (χ0v) is 11.5. The monoisotopic (exact) mass is 243 g/mol. The van der Waals surface area contributed by atoms with E-state index in [1.165, 1.54) is 42.5 Å². The molecule has 1 saturated heterocycles. The second-order valence-electron chi connectivity index (χ2n) is 5.57. The molecule has 96 valence electrons. The molecule has 1 aromatic heterocycles. The number of nitrogens with zero attached hydrogens (tertiary/aromatic N) is 2. The number of imidazole rings is 1. The summed E-state index contributed by atoms with van der Waals surface area (Å²) < 4.78 is 0. The lowest BCUT2D eigenvalue weighted by molar-refractivity contribution is 0.180. The highest BCUT2D eigenvalue weighted by Crippen LogP contribution is 2.29. The van der Waals surface area contributed by atoms with Gasteiger partial charge in [-0.25, -0.2) is 4.98 Å². The smallest absolute Gasteiger partial charge is 0.124 e. The summed E-state index contributed by atoms with van der Waals surface area (Å²) in [6.07, 6.45) is 3.84. The molecule has 3 nitrogen and oxygen atoms in total. The lowest BCUT2D eigenvalue weighted by Crippen LogP contribution is -2.30. The second kappa shape index (κ2) is 4.39. The van der Waals surface area contributed by atoms with Gasteiger partial charge in [0, 0.05) is 0 Å². The van der Waals surface area contributed by atoms with Crippen molar-refractivity contribution in [2.45, 2.75) is 39.2 Å². The van der Waals surface area contributed by atoms with E-state index in [4.69, 9.17) is 4.98 Å². The van der Waals surface area contributed by atoms with Gasteiger partial charge in [-0.15, -0.1) is 0 Å². The SMILES string of the molecule is Cc1cc2nc(C3CCCCN3C)[nH]c2cc1C. The molecule has 0 spiro atoms. The van der Waals surface area contributed by atoms with Crippen molar-refractivity contribution in [3.05, 3.63) is 29.1 Å². The Balaban J connectivity index is 2.02. The predicted molar refractivity (Wildman–Crippen MR) is 74.8 cm³/mol. The van der Waals surface area contributed by atoms with Crippen LogP contribution in [0.4, 0.5) is 0 Å². The molecule has 0 saturated carbocycles. The van der Waals surface area contributed by atoms with Gasteiger partial charge in [-0.05, 0) is 63.5 Å². The van der Waals surface area contributed by atoms with E-state index in [0.717, 1.165) is 11.3 Å². The Morgan fingerprint density at radius 1 is 1.22 bits per heavy atom. The van der Waals surface area contributed by atoms with Crippen LogP contribution in [0.5, 0.6) is 0 Å². The molecule has 0 radical (unpaired) electrons. The third-order valence-electron chi connectivity index (χ3n) is 4.20. The minimum atomic E-state index is 0.465. The zero-order chi connectivity index (χ0) is 12.7. The first-order valence-corrected chi connectivity index (χ1v) is 6.82. The first-order chi connectivity index (χ1) is 8.65. The average Bonchev–Trinajstić information content (AvgIpc) is 2.73. The van der Waals surface area contributed by atoms with Crippen LogP contribution in [0.1, 0.15) is 42.3 Å². The number of hydrogen-bond donors (Lipinski definition) is 1. The van der Waals surface area contributed by atoms with Gasteiger partial charge in [-0.1, -0.05) is 6.42 Å². The van der Waals surface area contributed by atoms with Crippen LogP contribution < -0.4 is 0 Å². The van der Waals surface area contributed by atoms with Crippen LogP contribution in [-0.4, -0.2) is 28.5 Å². The number of benzene rings is 1. The van der Waals surface area contributed by atoms with Gasteiger partial charge >= 0.3 is 0 Å². The van der Waals surface area contributed by atoms with Crippen LogP contribution >= 0.6 is 0 Å². The number of aromatic nitrogens is 2. The van der Waals surface area contributed by atoms with Crippen LogP contribution in [0.2, 0.25) is 0 Å². The lowest BCUT2D eigenvalue weighted by atomic mass is 10.0. The van der Waals surface area contributed by atoms with Crippen LogP contribution in [-0.2, 0) is 0 Å². The van der Waals surface area contributed by atoms with Gasteiger partial charge in [-0.3, -0.25) is 4.90 Å². The van der Waals surface area contributed by atoms with Gasteiger partial charge in [0.05, 0.1) is 17.1 Å². The van der Waals surface area contributed by atoms with Gasteiger partial charge in [0.1, 0.15) is 5.82 Å². The molecule has 1 unspecified atom stereocenters. The van der Waals surface area contributed by atoms with E-state index in [9.17, 15) is 0 Å². The first-order valence-electron chi connectivity index (χ1n) is 6.82. The summed E-state index contributed by atoms with van der Waals surface area (Å²) in [5.74, 6) is 1.14. The van der Waals surface area contributed by atoms with Crippen molar-refractivity contribution in [3.63, 3.8) is 0 Å². The highest BCUT2D eigenvalue weighted by Gasteiger charge is 2.23. The number of hydrogen-bond acceptors (Lipinski definition) is 2. The van der Waals surface area contributed by atoms with Crippen molar-refractivity contribution in [1.29, 1.82) is 0 Å². The molecule has 1 aromatic carbocycles. The van der Waals surface area contributed by atoms with E-state index in [-0.39, 0.29) is 0 Å². The minimum absolute atomic E-state index is 0.465. The van der Waals surface area contributed by atoms with Crippen molar-refractivity contribution in [2.75, 3.05) is 13.6 Å². The molecule has 1 atom stereocenters. The summed E-state index contributed by atoms with van der Waals surface area (Å²) in [6, 6.07) is 4.86. The molecule has 3 heteroatoms. The highest BCUT2D eigenvalue weighted by molar-refractivity contribution is 5.77. The Morgan fingerprint density at radius 2 is 2.00 bits per heavy atom. The van der Waals surface area contributed by atoms with Gasteiger partial charge in [0.25, 0.3) is 0 Å². The molecular formula is C15H21N3. The molecule has 18 heavy (non-hydrogen) atoms. The fourth-order valence-corrected chi connectivity index (χ4v) is 2.87. The van der Waals surface area contributed by atoms with E-state index in [0.29, 0.717) is 6.04 Å². The van der Waals surface area contributed by atoms with Gasteiger partial charge in [-0.2, -0.15) is 0 Å². The molecule has 2 heterocycles. The molecule has 0 aliphatic carbocycles. The van der Waals surface area contributed by atoms with Crippen molar-refractivity contribution >= 4 is 11.0 Å². The summed E-state index contributed by atoms with van der Waals surface area (Å²) in [5.41, 5.74) is 4.92. The zero-order valence-electron chi connectivity index (χ0n) is 11.5. The molecule has 0 amide bonds. The third-order valence-corrected chi connectivity index (χ3v) is 4.20. The van der Waals surface area contributed by atoms with Crippen molar-refractivity contribution in [1.82, 2.24) is 14.9 Å². The average molecular weight is 243 g/mol. The van der Waals surface area contributed by atoms with Crippen molar-refractivity contribution in [2.24, 2.45) is 0 Å². The van der Waals surface area contributed by atoms with Gasteiger partial charge in [0.2, 0.25) is 0 Å². The lowest BCUT2D eigenvalue weighted by Gasteiger charge is -2.30. The number of piperidine rings is 1. The van der Waals surface area contributed by atoms with Crippen molar-refractivity contribution in [3.8, 4) is 0 Å². The van der Waals surface area contributed by atoms with E-state index < -0.39 is 0 Å². The van der Waals surface area contributed by atoms with E-state index >= 15 is 0 Å². The molecule has 1 N–H and O–H groups in total. The second-order valence-corrected chi connectivity index (χ2v) is 5.57. The maximum Gasteiger partial charge on any atom is 0.124 e. The fourth-order valence-electron chi connectivity index (χ4n) is 2.87. The molecular weight excluding hydrogens is 222 g/mol. The Kier molecular flexibility index (Phi) is 2.86. The fraction of sp³-hybridized carbons (Fsp3) is 0.533. The number of aryl methyl sites for hydroxylation is 2. The topological polar surface area (TPSA) is 31.9 Å². The van der Waals surface area contributed by atoms with E-state index in [1.807, 2.05) is 0 Å². The van der Waals surface area contributed by atoms with E-state index in [2.05, 4.69) is 42.9 Å². The number of fused-ring (bicyclic) bond motifs is 1. The molecule has 1 aliphatic heterocycles. The number of H-pyrrole nitrogens is 1. The van der Waals surface area contributed by atoms with Crippen LogP contribution in [0.15, 0.2) is 12.1 Å². The van der Waals surface area contributed by atoms with Crippen LogP contribution in [0.3, 0.4) is 0 Å². The summed E-state index contributed by atoms with van der Waals surface area (Å²) in [4.78, 5) is 10.7. The quantitative estimate of drug-likeness (QED) is 0.833.